The van der Waals surface area contributed by atoms with E-state index in [0.29, 0.717) is 12.0 Å². The number of aliphatic imine (C=N–C) groups is 1. The van der Waals surface area contributed by atoms with Crippen LogP contribution in [0.3, 0.4) is 0 Å². The van der Waals surface area contributed by atoms with Crippen molar-refractivity contribution in [3.05, 3.63) is 53.3 Å². The lowest BCUT2D eigenvalue weighted by atomic mass is 10.0. The fraction of sp³-hybridized carbons (Fsp3) is 0.412. The Morgan fingerprint density at radius 3 is 2.78 bits per heavy atom. The van der Waals surface area contributed by atoms with Crippen molar-refractivity contribution < 1.29 is 0 Å². The number of rotatable bonds is 4. The highest BCUT2D eigenvalue weighted by molar-refractivity contribution is 14.0. The number of nitrogens with zero attached hydrogens (tertiary/aromatic N) is 3. The SMILES string of the molecule is CN=C(NCc1ccnn1C)NC1CC1c1ccccc1C.I. The quantitative estimate of drug-likeness (QED) is 0.450. The first-order chi connectivity index (χ1) is 10.7. The second-order valence-corrected chi connectivity index (χ2v) is 5.82. The average Bonchev–Trinajstić information content (AvgIpc) is 3.16. The van der Waals surface area contributed by atoms with Crippen molar-refractivity contribution in [3.8, 4) is 0 Å². The molecule has 5 nitrogen and oxygen atoms in total. The Morgan fingerprint density at radius 2 is 2.13 bits per heavy atom. The zero-order valence-electron chi connectivity index (χ0n) is 13.8. The second kappa shape index (κ2) is 7.81. The number of aryl methyl sites for hydroxylation is 2. The van der Waals surface area contributed by atoms with Crippen molar-refractivity contribution in [2.45, 2.75) is 31.8 Å². The summed E-state index contributed by atoms with van der Waals surface area (Å²) in [5, 5.41) is 11.0. The van der Waals surface area contributed by atoms with Gasteiger partial charge in [-0.1, -0.05) is 24.3 Å². The maximum Gasteiger partial charge on any atom is 0.191 e. The number of hydrogen-bond acceptors (Lipinski definition) is 2. The van der Waals surface area contributed by atoms with Crippen LogP contribution in [0.1, 0.15) is 29.2 Å². The van der Waals surface area contributed by atoms with Gasteiger partial charge in [-0.2, -0.15) is 5.10 Å². The molecule has 0 radical (unpaired) electrons. The van der Waals surface area contributed by atoms with Gasteiger partial charge in [-0.25, -0.2) is 0 Å². The molecule has 1 aromatic heterocycles. The Labute approximate surface area is 154 Å². The number of benzene rings is 1. The van der Waals surface area contributed by atoms with Gasteiger partial charge in [0, 0.05) is 32.3 Å². The van der Waals surface area contributed by atoms with Crippen molar-refractivity contribution in [1.29, 1.82) is 0 Å². The molecule has 1 aliphatic carbocycles. The maximum atomic E-state index is 4.31. The molecule has 0 saturated heterocycles. The monoisotopic (exact) mass is 425 g/mol. The Balaban J connectivity index is 0.00000192. The summed E-state index contributed by atoms with van der Waals surface area (Å²) >= 11 is 0. The topological polar surface area (TPSA) is 54.2 Å². The van der Waals surface area contributed by atoms with Gasteiger partial charge in [0.2, 0.25) is 0 Å². The fourth-order valence-electron chi connectivity index (χ4n) is 2.82. The number of hydrogen-bond donors (Lipinski definition) is 2. The first-order valence-corrected chi connectivity index (χ1v) is 7.68. The smallest absolute Gasteiger partial charge is 0.191 e. The van der Waals surface area contributed by atoms with Crippen molar-refractivity contribution in [2.24, 2.45) is 12.0 Å². The highest BCUT2D eigenvalue weighted by atomic mass is 127. The summed E-state index contributed by atoms with van der Waals surface area (Å²) in [6, 6.07) is 11.1. The van der Waals surface area contributed by atoms with E-state index in [0.717, 1.165) is 24.6 Å². The Bertz CT molecular complexity index is 679. The lowest BCUT2D eigenvalue weighted by molar-refractivity contribution is 0.683. The molecule has 1 aromatic carbocycles. The van der Waals surface area contributed by atoms with Crippen LogP contribution in [0.25, 0.3) is 0 Å². The molecule has 6 heteroatoms. The molecule has 2 N–H and O–H groups in total. The molecule has 1 fully saturated rings. The van der Waals surface area contributed by atoms with Crippen LogP contribution >= 0.6 is 24.0 Å². The van der Waals surface area contributed by atoms with Gasteiger partial charge < -0.3 is 10.6 Å². The molecule has 0 bridgehead atoms. The van der Waals surface area contributed by atoms with Gasteiger partial charge in [-0.3, -0.25) is 9.67 Å². The van der Waals surface area contributed by atoms with Crippen LogP contribution in [0.2, 0.25) is 0 Å². The van der Waals surface area contributed by atoms with E-state index in [9.17, 15) is 0 Å². The largest absolute Gasteiger partial charge is 0.353 e. The lowest BCUT2D eigenvalue weighted by Gasteiger charge is -2.12. The number of halogens is 1. The third kappa shape index (κ3) is 4.25. The third-order valence-electron chi connectivity index (χ3n) is 4.28. The van der Waals surface area contributed by atoms with Crippen LogP contribution in [0.15, 0.2) is 41.5 Å². The van der Waals surface area contributed by atoms with Crippen LogP contribution in [0.4, 0.5) is 0 Å². The molecule has 0 spiro atoms. The van der Waals surface area contributed by atoms with Gasteiger partial charge in [-0.05, 0) is 30.5 Å². The minimum Gasteiger partial charge on any atom is -0.353 e. The molecular weight excluding hydrogens is 401 g/mol. The molecule has 0 amide bonds. The molecule has 23 heavy (non-hydrogen) atoms. The normalized spacial score (nSPS) is 19.9. The zero-order valence-corrected chi connectivity index (χ0v) is 16.1. The van der Waals surface area contributed by atoms with Crippen molar-refractivity contribution >= 4 is 29.9 Å². The molecule has 2 aromatic rings. The Morgan fingerprint density at radius 1 is 1.35 bits per heavy atom. The second-order valence-electron chi connectivity index (χ2n) is 5.82. The van der Waals surface area contributed by atoms with Crippen LogP contribution in [0.5, 0.6) is 0 Å². The summed E-state index contributed by atoms with van der Waals surface area (Å²) in [5.74, 6) is 1.44. The number of aromatic nitrogens is 2. The van der Waals surface area contributed by atoms with Crippen molar-refractivity contribution in [1.82, 2.24) is 20.4 Å². The number of guanidine groups is 1. The van der Waals surface area contributed by atoms with Crippen LogP contribution < -0.4 is 10.6 Å². The van der Waals surface area contributed by atoms with Crippen LogP contribution in [-0.4, -0.2) is 28.8 Å². The Kier molecular flexibility index (Phi) is 6.04. The third-order valence-corrected chi connectivity index (χ3v) is 4.28. The molecule has 2 atom stereocenters. The Hall–Kier alpha value is -1.57. The van der Waals surface area contributed by atoms with Crippen molar-refractivity contribution in [3.63, 3.8) is 0 Å². The van der Waals surface area contributed by atoms with Gasteiger partial charge in [-0.15, -0.1) is 24.0 Å². The predicted molar refractivity (Wildman–Crippen MR) is 104 cm³/mol. The van der Waals surface area contributed by atoms with Gasteiger partial charge in [0.05, 0.1) is 12.2 Å². The molecule has 124 valence electrons. The van der Waals surface area contributed by atoms with Crippen LogP contribution in [-0.2, 0) is 13.6 Å². The molecule has 2 unspecified atom stereocenters. The summed E-state index contributed by atoms with van der Waals surface area (Å²) in [7, 11) is 3.76. The van der Waals surface area contributed by atoms with E-state index < -0.39 is 0 Å². The van der Waals surface area contributed by atoms with E-state index >= 15 is 0 Å². The van der Waals surface area contributed by atoms with E-state index in [4.69, 9.17) is 0 Å². The van der Waals surface area contributed by atoms with E-state index in [-0.39, 0.29) is 24.0 Å². The lowest BCUT2D eigenvalue weighted by Crippen LogP contribution is -2.38. The van der Waals surface area contributed by atoms with E-state index in [2.05, 4.69) is 51.9 Å². The summed E-state index contributed by atoms with van der Waals surface area (Å²) in [6.45, 7) is 2.90. The molecule has 1 aliphatic rings. The van der Waals surface area contributed by atoms with Gasteiger partial charge in [0.25, 0.3) is 0 Å². The summed E-state index contributed by atoms with van der Waals surface area (Å²) in [6.07, 6.45) is 2.97. The minimum atomic E-state index is 0. The summed E-state index contributed by atoms with van der Waals surface area (Å²) in [5.41, 5.74) is 3.95. The summed E-state index contributed by atoms with van der Waals surface area (Å²) < 4.78 is 1.87. The van der Waals surface area contributed by atoms with Gasteiger partial charge >= 0.3 is 0 Å². The predicted octanol–water partition coefficient (Wildman–Crippen LogP) is 2.57. The minimum absolute atomic E-state index is 0. The highest BCUT2D eigenvalue weighted by Gasteiger charge is 2.39. The molecule has 1 heterocycles. The van der Waals surface area contributed by atoms with E-state index in [1.54, 1.807) is 0 Å². The number of nitrogens with one attached hydrogen (secondary N) is 2. The van der Waals surface area contributed by atoms with E-state index in [1.807, 2.05) is 31.0 Å². The average molecular weight is 425 g/mol. The van der Waals surface area contributed by atoms with Crippen LogP contribution in [0, 0.1) is 6.92 Å². The molecule has 0 aliphatic heterocycles. The molecule has 1 saturated carbocycles. The highest BCUT2D eigenvalue weighted by Crippen LogP contribution is 2.41. The van der Waals surface area contributed by atoms with Gasteiger partial charge in [0.15, 0.2) is 5.96 Å². The first kappa shape index (κ1) is 17.8. The molecular formula is C17H24IN5. The maximum absolute atomic E-state index is 4.31. The zero-order chi connectivity index (χ0) is 15.5. The standard InChI is InChI=1S/C17H23N5.HI/c1-12-6-4-5-7-14(12)15-10-16(15)21-17(18-2)19-11-13-8-9-20-22(13)3;/h4-9,15-16H,10-11H2,1-3H3,(H2,18,19,21);1H. The first-order valence-electron chi connectivity index (χ1n) is 7.68. The van der Waals surface area contributed by atoms with Crippen molar-refractivity contribution in [2.75, 3.05) is 7.05 Å². The fourth-order valence-corrected chi connectivity index (χ4v) is 2.82. The van der Waals surface area contributed by atoms with E-state index in [1.165, 1.54) is 11.1 Å². The molecule has 3 rings (SSSR count). The van der Waals surface area contributed by atoms with Gasteiger partial charge in [0.1, 0.15) is 0 Å². The summed E-state index contributed by atoms with van der Waals surface area (Å²) in [4.78, 5) is 4.31.